The van der Waals surface area contributed by atoms with Crippen LogP contribution >= 0.6 is 0 Å². The summed E-state index contributed by atoms with van der Waals surface area (Å²) in [5, 5.41) is 9.51. The summed E-state index contributed by atoms with van der Waals surface area (Å²) in [6.45, 7) is 11.9. The van der Waals surface area contributed by atoms with Crippen LogP contribution in [0.1, 0.15) is 32.8 Å². The molecule has 1 aromatic rings. The smallest absolute Gasteiger partial charge is 0.203 e. The largest absolute Gasteiger partial charge is 0.493 e. The topological polar surface area (TPSA) is 54.4 Å². The molecular formula is C21H36N2O4. The molecule has 0 spiro atoms. The van der Waals surface area contributed by atoms with Crippen LogP contribution in [0.15, 0.2) is 12.1 Å². The first-order valence-electron chi connectivity index (χ1n) is 9.67. The normalized spacial score (nSPS) is 19.1. The van der Waals surface area contributed by atoms with Gasteiger partial charge < -0.3 is 19.3 Å². The van der Waals surface area contributed by atoms with Crippen molar-refractivity contribution in [3.05, 3.63) is 17.7 Å². The van der Waals surface area contributed by atoms with Gasteiger partial charge in [-0.15, -0.1) is 0 Å². The molecule has 0 aromatic heterocycles. The maximum absolute atomic E-state index is 9.51. The van der Waals surface area contributed by atoms with Gasteiger partial charge in [0.15, 0.2) is 11.5 Å². The summed E-state index contributed by atoms with van der Waals surface area (Å²) in [6, 6.07) is 4.42. The fourth-order valence-electron chi connectivity index (χ4n) is 3.83. The fourth-order valence-corrected chi connectivity index (χ4v) is 3.83. The summed E-state index contributed by atoms with van der Waals surface area (Å²) in [7, 11) is 4.90. The Morgan fingerprint density at radius 2 is 1.67 bits per heavy atom. The molecule has 0 amide bonds. The fraction of sp³-hybridized carbons (Fsp3) is 0.714. The van der Waals surface area contributed by atoms with E-state index in [4.69, 9.17) is 14.2 Å². The Morgan fingerprint density at radius 1 is 1.04 bits per heavy atom. The van der Waals surface area contributed by atoms with E-state index in [1.165, 1.54) is 0 Å². The van der Waals surface area contributed by atoms with Crippen LogP contribution in [0.25, 0.3) is 0 Å². The molecule has 0 aliphatic carbocycles. The minimum atomic E-state index is 0.226. The number of benzene rings is 1. The van der Waals surface area contributed by atoms with E-state index < -0.39 is 0 Å². The number of aliphatic hydroxyl groups excluding tert-OH is 1. The molecule has 1 heterocycles. The lowest BCUT2D eigenvalue weighted by atomic mass is 9.94. The van der Waals surface area contributed by atoms with E-state index in [0.29, 0.717) is 23.3 Å². The van der Waals surface area contributed by atoms with Crippen LogP contribution in [-0.2, 0) is 6.54 Å². The number of hydrogen-bond acceptors (Lipinski definition) is 6. The number of ether oxygens (including phenoxy) is 3. The lowest BCUT2D eigenvalue weighted by Crippen LogP contribution is -2.54. The van der Waals surface area contributed by atoms with Gasteiger partial charge in [-0.25, -0.2) is 0 Å². The number of methoxy groups -OCH3 is 3. The van der Waals surface area contributed by atoms with Gasteiger partial charge in [-0.05, 0) is 29.5 Å². The van der Waals surface area contributed by atoms with E-state index in [0.717, 1.165) is 44.7 Å². The van der Waals surface area contributed by atoms with Gasteiger partial charge >= 0.3 is 0 Å². The van der Waals surface area contributed by atoms with E-state index in [9.17, 15) is 5.11 Å². The number of hydrogen-bond donors (Lipinski definition) is 1. The van der Waals surface area contributed by atoms with Crippen molar-refractivity contribution in [2.45, 2.75) is 39.8 Å². The van der Waals surface area contributed by atoms with Gasteiger partial charge in [0.25, 0.3) is 0 Å². The van der Waals surface area contributed by atoms with E-state index in [1.54, 1.807) is 21.3 Å². The van der Waals surface area contributed by atoms with E-state index in [-0.39, 0.29) is 12.0 Å². The van der Waals surface area contributed by atoms with Gasteiger partial charge in [0.2, 0.25) is 5.75 Å². The van der Waals surface area contributed by atoms with Crippen molar-refractivity contribution in [2.75, 3.05) is 54.1 Å². The average molecular weight is 381 g/mol. The zero-order valence-corrected chi connectivity index (χ0v) is 17.7. The number of nitrogens with zero attached hydrogens (tertiary/aromatic N) is 2. The van der Waals surface area contributed by atoms with Crippen LogP contribution in [0.5, 0.6) is 17.2 Å². The molecule has 1 N–H and O–H groups in total. The first-order chi connectivity index (χ1) is 12.8. The molecule has 0 bridgehead atoms. The molecule has 2 rings (SSSR count). The van der Waals surface area contributed by atoms with Crippen molar-refractivity contribution in [3.63, 3.8) is 0 Å². The number of rotatable bonds is 8. The Morgan fingerprint density at radius 3 is 2.15 bits per heavy atom. The second-order valence-electron chi connectivity index (χ2n) is 8.47. The van der Waals surface area contributed by atoms with Crippen LogP contribution in [-0.4, -0.2) is 75.1 Å². The second kappa shape index (κ2) is 9.62. The third-order valence-electron chi connectivity index (χ3n) is 4.96. The molecule has 0 unspecified atom stereocenters. The Bertz CT molecular complexity index is 575. The van der Waals surface area contributed by atoms with Gasteiger partial charge in [-0.3, -0.25) is 9.80 Å². The molecule has 154 valence electrons. The number of piperazine rings is 1. The Balaban J connectivity index is 2.12. The average Bonchev–Trinajstić information content (AvgIpc) is 2.62. The highest BCUT2D eigenvalue weighted by Crippen LogP contribution is 2.38. The van der Waals surface area contributed by atoms with Gasteiger partial charge in [-0.1, -0.05) is 20.8 Å². The highest BCUT2D eigenvalue weighted by atomic mass is 16.5. The predicted octanol–water partition coefficient (Wildman–Crippen LogP) is 2.63. The third-order valence-corrected chi connectivity index (χ3v) is 4.96. The van der Waals surface area contributed by atoms with Gasteiger partial charge in [-0.2, -0.15) is 0 Å². The SMILES string of the molecule is COc1cc(CN2CCN(CC(C)(C)C)[C@H](CCO)C2)cc(OC)c1OC. The lowest BCUT2D eigenvalue weighted by molar-refractivity contribution is 0.0339. The Kier molecular flexibility index (Phi) is 7.77. The summed E-state index contributed by atoms with van der Waals surface area (Å²) in [5.41, 5.74) is 1.39. The summed E-state index contributed by atoms with van der Waals surface area (Å²) >= 11 is 0. The quantitative estimate of drug-likeness (QED) is 0.748. The van der Waals surface area contributed by atoms with E-state index in [1.807, 2.05) is 12.1 Å². The van der Waals surface area contributed by atoms with E-state index >= 15 is 0 Å². The van der Waals surface area contributed by atoms with Crippen molar-refractivity contribution >= 4 is 0 Å². The maximum atomic E-state index is 9.51. The van der Waals surface area contributed by atoms with E-state index in [2.05, 4.69) is 30.6 Å². The highest BCUT2D eigenvalue weighted by Gasteiger charge is 2.29. The molecule has 1 fully saturated rings. The molecule has 1 aromatic carbocycles. The van der Waals surface area contributed by atoms with Crippen LogP contribution in [0.3, 0.4) is 0 Å². The first-order valence-corrected chi connectivity index (χ1v) is 9.67. The molecule has 1 saturated heterocycles. The molecule has 6 heteroatoms. The standard InChI is InChI=1S/C21H36N2O4/c1-21(2,3)15-23-9-8-22(14-17(23)7-10-24)13-16-11-18(25-4)20(27-6)19(12-16)26-5/h11-12,17,24H,7-10,13-15H2,1-6H3/t17-/m1/s1. The van der Waals surface area contributed by atoms with Crippen LogP contribution < -0.4 is 14.2 Å². The van der Waals surface area contributed by atoms with Crippen molar-refractivity contribution in [1.29, 1.82) is 0 Å². The summed E-state index contributed by atoms with van der Waals surface area (Å²) < 4.78 is 16.4. The Labute approximate surface area is 164 Å². The monoisotopic (exact) mass is 380 g/mol. The molecule has 1 aliphatic heterocycles. The molecule has 0 saturated carbocycles. The Hall–Kier alpha value is -1.50. The summed E-state index contributed by atoms with van der Waals surface area (Å²) in [5.74, 6) is 1.99. The molecule has 1 aliphatic rings. The number of aliphatic hydroxyl groups is 1. The second-order valence-corrected chi connectivity index (χ2v) is 8.47. The predicted molar refractivity (Wildman–Crippen MR) is 108 cm³/mol. The summed E-state index contributed by atoms with van der Waals surface area (Å²) in [4.78, 5) is 4.97. The van der Waals surface area contributed by atoms with Crippen LogP contribution in [0.2, 0.25) is 0 Å². The van der Waals surface area contributed by atoms with Crippen molar-refractivity contribution in [1.82, 2.24) is 9.80 Å². The summed E-state index contributed by atoms with van der Waals surface area (Å²) in [6.07, 6.45) is 0.807. The minimum absolute atomic E-state index is 0.226. The van der Waals surface area contributed by atoms with Gasteiger partial charge in [0.1, 0.15) is 0 Å². The zero-order valence-electron chi connectivity index (χ0n) is 17.7. The van der Waals surface area contributed by atoms with Crippen molar-refractivity contribution < 1.29 is 19.3 Å². The zero-order chi connectivity index (χ0) is 20.0. The first kappa shape index (κ1) is 21.8. The maximum Gasteiger partial charge on any atom is 0.203 e. The molecular weight excluding hydrogens is 344 g/mol. The molecule has 27 heavy (non-hydrogen) atoms. The van der Waals surface area contributed by atoms with Crippen LogP contribution in [0.4, 0.5) is 0 Å². The molecule has 1 atom stereocenters. The van der Waals surface area contributed by atoms with Crippen molar-refractivity contribution in [3.8, 4) is 17.2 Å². The third kappa shape index (κ3) is 5.99. The van der Waals surface area contributed by atoms with Crippen molar-refractivity contribution in [2.24, 2.45) is 5.41 Å². The van der Waals surface area contributed by atoms with Crippen LogP contribution in [0, 0.1) is 5.41 Å². The molecule has 6 nitrogen and oxygen atoms in total. The highest BCUT2D eigenvalue weighted by molar-refractivity contribution is 5.53. The minimum Gasteiger partial charge on any atom is -0.493 e. The lowest BCUT2D eigenvalue weighted by Gasteiger charge is -2.44. The van der Waals surface area contributed by atoms with Gasteiger partial charge in [0.05, 0.1) is 21.3 Å². The molecule has 0 radical (unpaired) electrons. The van der Waals surface area contributed by atoms with Gasteiger partial charge in [0, 0.05) is 45.4 Å².